The molecule has 0 N–H and O–H groups in total. The minimum Gasteiger partial charge on any atom is -0.298 e. The third-order valence-electron chi connectivity index (χ3n) is 9.20. The first kappa shape index (κ1) is 27.2. The van der Waals surface area contributed by atoms with E-state index >= 15 is 0 Å². The van der Waals surface area contributed by atoms with Gasteiger partial charge in [-0.15, -0.1) is 0 Å². The van der Waals surface area contributed by atoms with Crippen molar-refractivity contribution in [2.45, 2.75) is 74.2 Å². The van der Waals surface area contributed by atoms with E-state index in [0.29, 0.717) is 25.9 Å². The molecule has 0 amide bonds. The zero-order valence-corrected chi connectivity index (χ0v) is 23.8. The zero-order valence-electron chi connectivity index (χ0n) is 22.2. The highest BCUT2D eigenvalue weighted by Crippen LogP contribution is 2.50. The molecule has 0 aromatic heterocycles. The predicted molar refractivity (Wildman–Crippen MR) is 142 cm³/mol. The largest absolute Gasteiger partial charge is 0.298 e. The Labute approximate surface area is 225 Å². The zero-order chi connectivity index (χ0) is 27.7. The van der Waals surface area contributed by atoms with Crippen LogP contribution >= 0.6 is 0 Å². The number of carbonyl (C=O) groups excluding carboxylic acids is 2. The fourth-order valence-electron chi connectivity index (χ4n) is 6.33. The Morgan fingerprint density at radius 2 is 0.947 bits per heavy atom. The molecule has 204 valence electrons. The molecule has 8 nitrogen and oxygen atoms in total. The number of hydrogen-bond donors (Lipinski definition) is 0. The van der Waals surface area contributed by atoms with E-state index < -0.39 is 31.1 Å². The van der Waals surface area contributed by atoms with E-state index in [2.05, 4.69) is 0 Å². The molecule has 2 aromatic carbocycles. The van der Waals surface area contributed by atoms with Crippen molar-refractivity contribution in [1.82, 2.24) is 8.61 Å². The summed E-state index contributed by atoms with van der Waals surface area (Å²) in [5, 5.41) is 0. The maximum absolute atomic E-state index is 12.7. The monoisotopic (exact) mass is 558 g/mol. The van der Waals surface area contributed by atoms with Gasteiger partial charge >= 0.3 is 0 Å². The van der Waals surface area contributed by atoms with Gasteiger partial charge in [0.25, 0.3) is 0 Å². The van der Waals surface area contributed by atoms with Crippen LogP contribution in [0.3, 0.4) is 0 Å². The first-order valence-electron chi connectivity index (χ1n) is 13.0. The fraction of sp³-hybridized carbons (Fsp3) is 0.500. The number of sulfonamides is 2. The molecule has 38 heavy (non-hydrogen) atoms. The number of aryl methyl sites for hydroxylation is 2. The summed E-state index contributed by atoms with van der Waals surface area (Å²) >= 11 is 0. The van der Waals surface area contributed by atoms with Crippen molar-refractivity contribution in [3.05, 3.63) is 59.7 Å². The molecule has 4 aliphatic rings. The van der Waals surface area contributed by atoms with E-state index in [4.69, 9.17) is 0 Å². The van der Waals surface area contributed by atoms with Crippen LogP contribution in [-0.4, -0.2) is 61.2 Å². The van der Waals surface area contributed by atoms with Crippen molar-refractivity contribution >= 4 is 31.6 Å². The fourth-order valence-corrected chi connectivity index (χ4v) is 9.99. The molecule has 2 saturated heterocycles. The Kier molecular flexibility index (Phi) is 6.49. The number of nitrogens with zero attached hydrogens (tertiary/aromatic N) is 2. The maximum atomic E-state index is 12.7. The van der Waals surface area contributed by atoms with Crippen molar-refractivity contribution in [3.63, 3.8) is 0 Å². The van der Waals surface area contributed by atoms with Crippen molar-refractivity contribution in [3.8, 4) is 0 Å². The highest BCUT2D eigenvalue weighted by Gasteiger charge is 2.63. The summed E-state index contributed by atoms with van der Waals surface area (Å²) in [5.74, 6) is 0.483. The molecule has 10 heteroatoms. The average molecular weight is 559 g/mol. The van der Waals surface area contributed by atoms with Gasteiger partial charge in [0.05, 0.1) is 20.9 Å². The van der Waals surface area contributed by atoms with Crippen LogP contribution in [0.1, 0.15) is 50.7 Å². The molecule has 2 aromatic rings. The SMILES string of the molecule is Cc1ccc(S(=O)(=O)N2CC[C@@H]3CC(=O)[C@@]32C)cc1.Cc1ccc(S(=O)(=O)N2CC[C@H]3CC(=O)[C@]32C)cc1. The van der Waals surface area contributed by atoms with Crippen LogP contribution in [0.15, 0.2) is 58.3 Å². The topological polar surface area (TPSA) is 109 Å². The van der Waals surface area contributed by atoms with E-state index in [9.17, 15) is 26.4 Å². The molecule has 0 spiro atoms. The molecule has 2 heterocycles. The van der Waals surface area contributed by atoms with E-state index in [0.717, 1.165) is 24.0 Å². The lowest BCUT2D eigenvalue weighted by Crippen LogP contribution is -2.61. The third kappa shape index (κ3) is 3.91. The van der Waals surface area contributed by atoms with Gasteiger partial charge in [-0.3, -0.25) is 9.59 Å². The molecule has 6 rings (SSSR count). The van der Waals surface area contributed by atoms with Crippen LogP contribution in [0.5, 0.6) is 0 Å². The summed E-state index contributed by atoms with van der Waals surface area (Å²) in [6.45, 7) is 8.26. The van der Waals surface area contributed by atoms with E-state index in [1.165, 1.54) is 8.61 Å². The second kappa shape index (κ2) is 9.08. The average Bonchev–Trinajstić information content (AvgIpc) is 3.31. The minimum absolute atomic E-state index is 0.0469. The number of ketones is 2. The Balaban J connectivity index is 0.000000155. The van der Waals surface area contributed by atoms with Gasteiger partial charge in [0.15, 0.2) is 11.6 Å². The maximum Gasteiger partial charge on any atom is 0.243 e. The molecule has 4 atom stereocenters. The number of hydrogen-bond acceptors (Lipinski definition) is 6. The first-order valence-corrected chi connectivity index (χ1v) is 15.9. The van der Waals surface area contributed by atoms with Crippen molar-refractivity contribution in [2.24, 2.45) is 11.8 Å². The second-order valence-corrected chi connectivity index (χ2v) is 15.0. The van der Waals surface area contributed by atoms with Crippen molar-refractivity contribution < 1.29 is 26.4 Å². The number of fused-ring (bicyclic) bond motifs is 2. The van der Waals surface area contributed by atoms with Gasteiger partial charge in [0.1, 0.15) is 0 Å². The summed E-state index contributed by atoms with van der Waals surface area (Å²) in [4.78, 5) is 24.3. The summed E-state index contributed by atoms with van der Waals surface area (Å²) in [5.41, 5.74) is 0.432. The Bertz CT molecular complexity index is 1390. The third-order valence-corrected chi connectivity index (χ3v) is 13.2. The van der Waals surface area contributed by atoms with Gasteiger partial charge in [-0.1, -0.05) is 35.4 Å². The van der Waals surface area contributed by atoms with Crippen LogP contribution < -0.4 is 0 Å². The molecule has 0 radical (unpaired) electrons. The molecule has 0 bridgehead atoms. The number of benzene rings is 2. The lowest BCUT2D eigenvalue weighted by molar-refractivity contribution is -0.139. The van der Waals surface area contributed by atoms with Gasteiger partial charge in [-0.2, -0.15) is 8.61 Å². The van der Waals surface area contributed by atoms with Gasteiger partial charge in [-0.25, -0.2) is 16.8 Å². The summed E-state index contributed by atoms with van der Waals surface area (Å²) in [6, 6.07) is 13.6. The summed E-state index contributed by atoms with van der Waals surface area (Å²) in [7, 11) is -7.13. The number of Topliss-reactive ketones (excluding diaryl/α,β-unsaturated/α-hetero) is 2. The molecule has 0 unspecified atom stereocenters. The minimum atomic E-state index is -3.57. The van der Waals surface area contributed by atoms with Gasteiger partial charge < -0.3 is 0 Å². The Morgan fingerprint density at radius 1 is 0.632 bits per heavy atom. The molecule has 4 fully saturated rings. The lowest BCUT2D eigenvalue weighted by Gasteiger charge is -2.44. The van der Waals surface area contributed by atoms with Gasteiger partial charge in [0.2, 0.25) is 20.0 Å². The molecule has 2 aliphatic heterocycles. The van der Waals surface area contributed by atoms with Crippen LogP contribution in [-0.2, 0) is 29.6 Å². The quantitative estimate of drug-likeness (QED) is 0.569. The predicted octanol–water partition coefficient (Wildman–Crippen LogP) is 3.47. The smallest absolute Gasteiger partial charge is 0.243 e. The van der Waals surface area contributed by atoms with Crippen LogP contribution in [0.2, 0.25) is 0 Å². The van der Waals surface area contributed by atoms with Crippen LogP contribution in [0, 0.1) is 25.7 Å². The Morgan fingerprint density at radius 3 is 1.24 bits per heavy atom. The number of rotatable bonds is 4. The molecule has 2 aliphatic carbocycles. The van der Waals surface area contributed by atoms with Crippen molar-refractivity contribution in [1.29, 1.82) is 0 Å². The van der Waals surface area contributed by atoms with E-state index in [-0.39, 0.29) is 33.2 Å². The van der Waals surface area contributed by atoms with Crippen LogP contribution in [0.25, 0.3) is 0 Å². The molecular weight excluding hydrogens is 524 g/mol. The molecular formula is C28H34N2O6S2. The summed E-state index contributed by atoms with van der Waals surface area (Å²) in [6.07, 6.45) is 2.62. The Hall–Kier alpha value is -2.40. The summed E-state index contributed by atoms with van der Waals surface area (Å²) < 4.78 is 53.4. The van der Waals surface area contributed by atoms with Gasteiger partial charge in [0, 0.05) is 25.9 Å². The van der Waals surface area contributed by atoms with E-state index in [1.54, 1.807) is 62.4 Å². The number of carbonyl (C=O) groups is 2. The van der Waals surface area contributed by atoms with E-state index in [1.807, 2.05) is 13.8 Å². The normalized spacial score (nSPS) is 31.1. The highest BCUT2D eigenvalue weighted by molar-refractivity contribution is 7.89. The highest BCUT2D eigenvalue weighted by atomic mass is 32.2. The lowest BCUT2D eigenvalue weighted by atomic mass is 9.68. The van der Waals surface area contributed by atoms with Crippen LogP contribution in [0.4, 0.5) is 0 Å². The molecule has 2 saturated carbocycles. The standard InChI is InChI=1S/2C14H17NO3S/c2*1-10-3-5-12(6-4-10)19(17,18)15-8-7-11-9-13(16)14(11,15)2/h2*3-6,11H,7-9H2,1-2H3/t2*11-,14-/m10/s1. The van der Waals surface area contributed by atoms with Gasteiger partial charge in [-0.05, 0) is 76.6 Å². The first-order chi connectivity index (χ1) is 17.7. The second-order valence-electron chi connectivity index (χ2n) is 11.3. The van der Waals surface area contributed by atoms with Crippen molar-refractivity contribution in [2.75, 3.05) is 13.1 Å².